The number of halogens is 4. The van der Waals surface area contributed by atoms with Gasteiger partial charge in [0.1, 0.15) is 6.61 Å². The third-order valence-corrected chi connectivity index (χ3v) is 4.31. The number of thiocarbonyl (C=S) groups is 1. The fourth-order valence-electron chi connectivity index (χ4n) is 1.91. The molecule has 0 saturated carbocycles. The van der Waals surface area contributed by atoms with Gasteiger partial charge in [-0.25, -0.2) is 4.79 Å². The number of benzene rings is 2. The van der Waals surface area contributed by atoms with Crippen LogP contribution < -0.4 is 16.0 Å². The number of hydrogen-bond acceptors (Lipinski definition) is 3. The van der Waals surface area contributed by atoms with Crippen LogP contribution >= 0.6 is 58.6 Å². The molecule has 0 aliphatic heterocycles. The highest BCUT2D eigenvalue weighted by molar-refractivity contribution is 7.80. The maximum absolute atomic E-state index is 12.0. The first-order valence-electron chi connectivity index (χ1n) is 7.61. The topological polar surface area (TPSA) is 62.4 Å². The number of rotatable bonds is 5. The van der Waals surface area contributed by atoms with Gasteiger partial charge in [-0.1, -0.05) is 76.7 Å². The molecule has 0 unspecified atom stereocenters. The van der Waals surface area contributed by atoms with Crippen LogP contribution in [0.5, 0.6) is 0 Å². The van der Waals surface area contributed by atoms with E-state index in [1.165, 1.54) is 0 Å². The number of ether oxygens (including phenoxy) is 1. The zero-order valence-corrected chi connectivity index (χ0v) is 17.6. The van der Waals surface area contributed by atoms with Gasteiger partial charge in [0.2, 0.25) is 3.79 Å². The molecule has 0 aliphatic rings. The van der Waals surface area contributed by atoms with Crippen molar-refractivity contribution in [2.24, 2.45) is 0 Å². The Balaban J connectivity index is 1.91. The Bertz CT molecular complexity index is 770. The summed E-state index contributed by atoms with van der Waals surface area (Å²) in [4.78, 5) is 12.0. The maximum atomic E-state index is 12.0. The molecule has 0 radical (unpaired) electrons. The monoisotopic (exact) mass is 465 g/mol. The lowest BCUT2D eigenvalue weighted by Crippen LogP contribution is -2.56. The Hall–Kier alpha value is -1.44. The number of nitrogens with one attached hydrogen (secondary N) is 3. The Labute approximate surface area is 182 Å². The normalized spacial score (nSPS) is 12.0. The van der Waals surface area contributed by atoms with Crippen LogP contribution in [-0.4, -0.2) is 21.2 Å². The van der Waals surface area contributed by atoms with Crippen molar-refractivity contribution in [2.45, 2.75) is 16.6 Å². The predicted octanol–water partition coefficient (Wildman–Crippen LogP) is 5.25. The van der Waals surface area contributed by atoms with Crippen molar-refractivity contribution >= 4 is 75.5 Å². The average Bonchev–Trinajstić information content (AvgIpc) is 2.61. The van der Waals surface area contributed by atoms with E-state index in [4.69, 9.17) is 63.4 Å². The molecule has 0 saturated heterocycles. The summed E-state index contributed by atoms with van der Waals surface area (Å²) < 4.78 is 3.24. The molecule has 0 spiro atoms. The van der Waals surface area contributed by atoms with E-state index in [0.29, 0.717) is 10.7 Å². The molecule has 0 aromatic heterocycles. The first kappa shape index (κ1) is 21.9. The second-order valence-electron chi connectivity index (χ2n) is 5.29. The van der Waals surface area contributed by atoms with Gasteiger partial charge in [0.25, 0.3) is 0 Å². The van der Waals surface area contributed by atoms with Gasteiger partial charge in [-0.2, -0.15) is 0 Å². The zero-order chi connectivity index (χ0) is 19.9. The lowest BCUT2D eigenvalue weighted by molar-refractivity contribution is 0.135. The van der Waals surface area contributed by atoms with E-state index in [1.54, 1.807) is 24.3 Å². The minimum absolute atomic E-state index is 0.0761. The summed E-state index contributed by atoms with van der Waals surface area (Å²) in [6.07, 6.45) is -1.89. The Morgan fingerprint density at radius 2 is 1.67 bits per heavy atom. The smallest absolute Gasteiger partial charge is 0.409 e. The number of anilines is 1. The quantitative estimate of drug-likeness (QED) is 0.319. The molecule has 0 aliphatic carbocycles. The van der Waals surface area contributed by atoms with Gasteiger partial charge in [0, 0.05) is 10.7 Å². The van der Waals surface area contributed by atoms with Crippen LogP contribution in [0.3, 0.4) is 0 Å². The van der Waals surface area contributed by atoms with Crippen molar-refractivity contribution in [2.75, 3.05) is 5.32 Å². The molecule has 1 atom stereocenters. The van der Waals surface area contributed by atoms with Gasteiger partial charge >= 0.3 is 6.09 Å². The van der Waals surface area contributed by atoms with Gasteiger partial charge in [-0.15, -0.1) is 0 Å². The number of carbonyl (C=O) groups excluding carboxylic acids is 1. The van der Waals surface area contributed by atoms with Crippen LogP contribution in [-0.2, 0) is 11.3 Å². The van der Waals surface area contributed by atoms with Crippen molar-refractivity contribution in [1.82, 2.24) is 10.6 Å². The summed E-state index contributed by atoms with van der Waals surface area (Å²) in [6.45, 7) is 0.0761. The van der Waals surface area contributed by atoms with E-state index >= 15 is 0 Å². The van der Waals surface area contributed by atoms with Crippen LogP contribution in [0, 0.1) is 0 Å². The molecule has 2 aromatic carbocycles. The van der Waals surface area contributed by atoms with Crippen LogP contribution in [0.25, 0.3) is 0 Å². The summed E-state index contributed by atoms with van der Waals surface area (Å²) in [5.74, 6) is 0. The highest BCUT2D eigenvalue weighted by atomic mass is 35.6. The van der Waals surface area contributed by atoms with E-state index in [2.05, 4.69) is 16.0 Å². The number of hydrogen-bond donors (Lipinski definition) is 3. The molecule has 3 N–H and O–H groups in total. The van der Waals surface area contributed by atoms with E-state index < -0.39 is 16.1 Å². The molecule has 144 valence electrons. The zero-order valence-electron chi connectivity index (χ0n) is 13.7. The van der Waals surface area contributed by atoms with Crippen molar-refractivity contribution in [1.29, 1.82) is 0 Å². The molecule has 27 heavy (non-hydrogen) atoms. The number of alkyl halides is 3. The molecular formula is C17H15Cl4N3O2S. The minimum Gasteiger partial charge on any atom is -0.445 e. The molecule has 0 bridgehead atoms. The summed E-state index contributed by atoms with van der Waals surface area (Å²) in [5, 5.41) is 8.78. The van der Waals surface area contributed by atoms with Crippen LogP contribution in [0.2, 0.25) is 5.02 Å². The number of alkyl carbamates (subject to hydrolysis) is 1. The van der Waals surface area contributed by atoms with E-state index in [9.17, 15) is 4.79 Å². The van der Waals surface area contributed by atoms with Crippen LogP contribution in [0.15, 0.2) is 54.6 Å². The fourth-order valence-corrected chi connectivity index (χ4v) is 2.60. The predicted molar refractivity (Wildman–Crippen MR) is 115 cm³/mol. The van der Waals surface area contributed by atoms with E-state index in [1.807, 2.05) is 30.3 Å². The largest absolute Gasteiger partial charge is 0.445 e. The van der Waals surface area contributed by atoms with Gasteiger partial charge < -0.3 is 15.4 Å². The van der Waals surface area contributed by atoms with E-state index in [0.717, 1.165) is 5.56 Å². The van der Waals surface area contributed by atoms with Crippen molar-refractivity contribution in [3.05, 3.63) is 65.2 Å². The fraction of sp³-hybridized carbons (Fsp3) is 0.176. The van der Waals surface area contributed by atoms with Crippen molar-refractivity contribution < 1.29 is 9.53 Å². The highest BCUT2D eigenvalue weighted by Gasteiger charge is 2.35. The summed E-state index contributed by atoms with van der Waals surface area (Å²) in [5.41, 5.74) is 1.50. The molecule has 5 nitrogen and oxygen atoms in total. The summed E-state index contributed by atoms with van der Waals surface area (Å²) in [6, 6.07) is 16.0. The Kier molecular flexibility index (Phi) is 8.26. The second kappa shape index (κ2) is 10.2. The number of carbonyl (C=O) groups is 1. The van der Waals surface area contributed by atoms with Gasteiger partial charge in [0.05, 0.1) is 0 Å². The molecule has 2 aromatic rings. The second-order valence-corrected chi connectivity index (χ2v) is 8.50. The van der Waals surface area contributed by atoms with Crippen LogP contribution in [0.1, 0.15) is 5.56 Å². The summed E-state index contributed by atoms with van der Waals surface area (Å²) in [7, 11) is 0. The minimum atomic E-state index is -1.88. The van der Waals surface area contributed by atoms with Gasteiger partial charge in [-0.3, -0.25) is 5.32 Å². The van der Waals surface area contributed by atoms with Gasteiger partial charge in [0.15, 0.2) is 11.3 Å². The van der Waals surface area contributed by atoms with Crippen molar-refractivity contribution in [3.63, 3.8) is 0 Å². The first-order chi connectivity index (χ1) is 12.7. The number of amides is 1. The summed E-state index contributed by atoms with van der Waals surface area (Å²) >= 11 is 28.8. The molecule has 2 rings (SSSR count). The maximum Gasteiger partial charge on any atom is 0.409 e. The third kappa shape index (κ3) is 7.99. The van der Waals surface area contributed by atoms with Crippen LogP contribution in [0.4, 0.5) is 10.5 Å². The standard InChI is InChI=1S/C17H15Cl4N3O2S/c18-12-6-8-13(9-7-12)22-15(27)23-14(17(19,20)21)24-16(25)26-10-11-4-2-1-3-5-11/h1-9,14H,10H2,(H,24,25)(H2,22,23,27)/t14-/m0/s1. The molecule has 1 amide bonds. The Morgan fingerprint density at radius 1 is 1.04 bits per heavy atom. The van der Waals surface area contributed by atoms with Crippen molar-refractivity contribution in [3.8, 4) is 0 Å². The Morgan fingerprint density at radius 3 is 2.26 bits per heavy atom. The molecule has 0 heterocycles. The average molecular weight is 467 g/mol. The molecular weight excluding hydrogens is 452 g/mol. The van der Waals surface area contributed by atoms with Gasteiger partial charge in [-0.05, 0) is 42.0 Å². The molecule has 0 fully saturated rings. The lowest BCUT2D eigenvalue weighted by Gasteiger charge is -2.27. The first-order valence-corrected chi connectivity index (χ1v) is 9.53. The SMILES string of the molecule is O=C(N[C@H](NC(=S)Nc1ccc(Cl)cc1)C(Cl)(Cl)Cl)OCc1ccccc1. The van der Waals surface area contributed by atoms with E-state index in [-0.39, 0.29) is 11.7 Å². The highest BCUT2D eigenvalue weighted by Crippen LogP contribution is 2.29. The lowest BCUT2D eigenvalue weighted by atomic mass is 10.2. The third-order valence-electron chi connectivity index (χ3n) is 3.18. The molecule has 10 heteroatoms.